The molecule has 0 saturated carbocycles. The van der Waals surface area contributed by atoms with Crippen LogP contribution >= 0.6 is 0 Å². The first-order valence-corrected chi connectivity index (χ1v) is 5.18. The molecular weight excluding hydrogens is 236 g/mol. The van der Waals surface area contributed by atoms with Gasteiger partial charge in [0.2, 0.25) is 0 Å². The summed E-state index contributed by atoms with van der Waals surface area (Å²) in [5.41, 5.74) is 9.51. The molecule has 18 heavy (non-hydrogen) atoms. The number of urea groups is 1. The molecule has 0 aliphatic heterocycles. The summed E-state index contributed by atoms with van der Waals surface area (Å²) in [5, 5.41) is 14.6. The minimum atomic E-state index is -0.789. The van der Waals surface area contributed by atoms with Crippen molar-refractivity contribution in [3.8, 4) is 0 Å². The number of nitrogens with two attached hydrogens (primary N) is 1. The summed E-state index contributed by atoms with van der Waals surface area (Å²) in [5.74, 6) is 0. The van der Waals surface area contributed by atoms with E-state index >= 15 is 0 Å². The van der Waals surface area contributed by atoms with Gasteiger partial charge in [-0.1, -0.05) is 0 Å². The molecule has 0 aliphatic carbocycles. The molecule has 0 spiro atoms. The number of carbonyl (C=O) groups is 1. The molecule has 0 fully saturated rings. The average Bonchev–Trinajstić information content (AvgIpc) is 2.21. The SMILES string of the molecule is Cc1cc(C)c([N+](=O)[O-])c(C)c1/C=N\NC(N)=O. The number of nitro benzene ring substituents is 1. The summed E-state index contributed by atoms with van der Waals surface area (Å²) in [6, 6.07) is 0.916. The van der Waals surface area contributed by atoms with Gasteiger partial charge in [-0.25, -0.2) is 10.2 Å². The molecule has 1 aromatic carbocycles. The van der Waals surface area contributed by atoms with Crippen LogP contribution in [0.5, 0.6) is 0 Å². The van der Waals surface area contributed by atoms with Crippen LogP contribution in [-0.2, 0) is 0 Å². The number of amides is 2. The van der Waals surface area contributed by atoms with E-state index in [1.807, 2.05) is 6.92 Å². The quantitative estimate of drug-likeness (QED) is 0.482. The maximum Gasteiger partial charge on any atom is 0.332 e. The number of primary amides is 1. The second-order valence-corrected chi connectivity index (χ2v) is 3.89. The third-order valence-electron chi connectivity index (χ3n) is 2.54. The molecule has 2 amide bonds. The zero-order valence-electron chi connectivity index (χ0n) is 10.4. The van der Waals surface area contributed by atoms with Crippen molar-refractivity contribution in [2.75, 3.05) is 0 Å². The van der Waals surface area contributed by atoms with Crippen molar-refractivity contribution >= 4 is 17.9 Å². The van der Waals surface area contributed by atoms with Crippen LogP contribution in [0.25, 0.3) is 0 Å². The van der Waals surface area contributed by atoms with Crippen LogP contribution in [0.15, 0.2) is 11.2 Å². The van der Waals surface area contributed by atoms with Crippen LogP contribution in [0.3, 0.4) is 0 Å². The molecule has 0 unspecified atom stereocenters. The number of hydrogen-bond acceptors (Lipinski definition) is 4. The van der Waals surface area contributed by atoms with Gasteiger partial charge in [0.15, 0.2) is 0 Å². The maximum absolute atomic E-state index is 11.0. The van der Waals surface area contributed by atoms with Gasteiger partial charge in [-0.05, 0) is 32.4 Å². The molecule has 1 aromatic rings. The van der Waals surface area contributed by atoms with E-state index in [9.17, 15) is 14.9 Å². The van der Waals surface area contributed by atoms with Crippen LogP contribution < -0.4 is 11.2 Å². The highest BCUT2D eigenvalue weighted by Gasteiger charge is 2.18. The minimum absolute atomic E-state index is 0.0566. The molecule has 1 rings (SSSR count). The van der Waals surface area contributed by atoms with Crippen LogP contribution in [0.1, 0.15) is 22.3 Å². The number of nitrogens with one attached hydrogen (secondary N) is 1. The molecule has 0 heterocycles. The fourth-order valence-electron chi connectivity index (χ4n) is 1.83. The lowest BCUT2D eigenvalue weighted by atomic mass is 9.98. The molecular formula is C11H14N4O3. The molecule has 7 heteroatoms. The van der Waals surface area contributed by atoms with Crippen molar-refractivity contribution in [3.63, 3.8) is 0 Å². The van der Waals surface area contributed by atoms with Crippen molar-refractivity contribution in [1.82, 2.24) is 5.43 Å². The first-order valence-electron chi connectivity index (χ1n) is 5.18. The smallest absolute Gasteiger partial charge is 0.332 e. The first kappa shape index (κ1) is 13.6. The van der Waals surface area contributed by atoms with Crippen LogP contribution in [0.2, 0.25) is 0 Å². The molecule has 0 aliphatic rings. The summed E-state index contributed by atoms with van der Waals surface area (Å²) < 4.78 is 0. The second kappa shape index (κ2) is 5.26. The van der Waals surface area contributed by atoms with Gasteiger partial charge in [0.25, 0.3) is 5.69 Å². The first-order chi connectivity index (χ1) is 8.34. The van der Waals surface area contributed by atoms with E-state index in [0.29, 0.717) is 16.7 Å². The monoisotopic (exact) mass is 250 g/mol. The second-order valence-electron chi connectivity index (χ2n) is 3.89. The van der Waals surface area contributed by atoms with Gasteiger partial charge < -0.3 is 5.73 Å². The Morgan fingerprint density at radius 3 is 2.56 bits per heavy atom. The van der Waals surface area contributed by atoms with Crippen LogP contribution in [0, 0.1) is 30.9 Å². The van der Waals surface area contributed by atoms with Crippen molar-refractivity contribution in [2.45, 2.75) is 20.8 Å². The van der Waals surface area contributed by atoms with Crippen molar-refractivity contribution in [2.24, 2.45) is 10.8 Å². The number of carbonyl (C=O) groups excluding carboxylic acids is 1. The molecule has 0 saturated heterocycles. The van der Waals surface area contributed by atoms with Gasteiger partial charge in [-0.15, -0.1) is 0 Å². The Hall–Kier alpha value is -2.44. The molecule has 3 N–H and O–H groups in total. The van der Waals surface area contributed by atoms with Gasteiger partial charge in [-0.3, -0.25) is 10.1 Å². The van der Waals surface area contributed by atoms with E-state index in [-0.39, 0.29) is 5.69 Å². The van der Waals surface area contributed by atoms with E-state index in [1.165, 1.54) is 6.21 Å². The summed E-state index contributed by atoms with van der Waals surface area (Å²) in [6.45, 7) is 5.14. The Kier molecular flexibility index (Phi) is 3.98. The number of nitrogens with zero attached hydrogens (tertiary/aromatic N) is 2. The predicted octanol–water partition coefficient (Wildman–Crippen LogP) is 1.52. The highest BCUT2D eigenvalue weighted by molar-refractivity contribution is 5.87. The average molecular weight is 250 g/mol. The molecule has 0 bridgehead atoms. The molecule has 0 radical (unpaired) electrons. The van der Waals surface area contributed by atoms with Gasteiger partial charge in [-0.2, -0.15) is 5.10 Å². The third kappa shape index (κ3) is 2.82. The third-order valence-corrected chi connectivity index (χ3v) is 2.54. The summed E-state index contributed by atoms with van der Waals surface area (Å²) in [7, 11) is 0. The fourth-order valence-corrected chi connectivity index (χ4v) is 1.83. The zero-order chi connectivity index (χ0) is 13.9. The molecule has 0 atom stereocenters. The van der Waals surface area contributed by atoms with Gasteiger partial charge in [0, 0.05) is 16.7 Å². The van der Waals surface area contributed by atoms with Crippen molar-refractivity contribution in [1.29, 1.82) is 0 Å². The lowest BCUT2D eigenvalue weighted by molar-refractivity contribution is -0.386. The summed E-state index contributed by atoms with van der Waals surface area (Å²) in [6.07, 6.45) is 1.35. The molecule has 0 aromatic heterocycles. The van der Waals surface area contributed by atoms with E-state index in [4.69, 9.17) is 5.73 Å². The van der Waals surface area contributed by atoms with E-state index in [2.05, 4.69) is 10.5 Å². The number of aryl methyl sites for hydroxylation is 2. The minimum Gasteiger partial charge on any atom is -0.350 e. The summed E-state index contributed by atoms with van der Waals surface area (Å²) >= 11 is 0. The Bertz CT molecular complexity index is 538. The molecule has 96 valence electrons. The Labute approximate surface area is 104 Å². The lowest BCUT2D eigenvalue weighted by Crippen LogP contribution is -2.24. The fraction of sp³-hybridized carbons (Fsp3) is 0.273. The highest BCUT2D eigenvalue weighted by Crippen LogP contribution is 2.27. The Morgan fingerprint density at radius 2 is 2.06 bits per heavy atom. The van der Waals surface area contributed by atoms with Gasteiger partial charge in [0.1, 0.15) is 0 Å². The van der Waals surface area contributed by atoms with Gasteiger partial charge in [0.05, 0.1) is 11.1 Å². The predicted molar refractivity (Wildman–Crippen MR) is 67.6 cm³/mol. The van der Waals surface area contributed by atoms with Crippen molar-refractivity contribution < 1.29 is 9.72 Å². The van der Waals surface area contributed by atoms with E-state index < -0.39 is 11.0 Å². The topological polar surface area (TPSA) is 111 Å². The number of hydrazone groups is 1. The Morgan fingerprint density at radius 1 is 1.44 bits per heavy atom. The highest BCUT2D eigenvalue weighted by atomic mass is 16.6. The zero-order valence-corrected chi connectivity index (χ0v) is 10.4. The van der Waals surface area contributed by atoms with Crippen molar-refractivity contribution in [3.05, 3.63) is 38.4 Å². The molecule has 7 nitrogen and oxygen atoms in total. The number of rotatable bonds is 3. The lowest BCUT2D eigenvalue weighted by Gasteiger charge is -2.08. The summed E-state index contributed by atoms with van der Waals surface area (Å²) in [4.78, 5) is 21.0. The number of nitro groups is 1. The van der Waals surface area contributed by atoms with E-state index in [0.717, 1.165) is 5.56 Å². The normalized spacial score (nSPS) is 10.6. The largest absolute Gasteiger partial charge is 0.350 e. The van der Waals surface area contributed by atoms with E-state index in [1.54, 1.807) is 19.9 Å². The van der Waals surface area contributed by atoms with Gasteiger partial charge >= 0.3 is 6.03 Å². The number of benzene rings is 1. The standard InChI is InChI=1S/C11H14N4O3/c1-6-4-7(2)10(15(17)18)8(3)9(6)5-13-14-11(12)16/h4-5H,1-3H3,(H3,12,14,16)/b13-5-. The van der Waals surface area contributed by atoms with Crippen LogP contribution in [-0.4, -0.2) is 17.2 Å². The maximum atomic E-state index is 11.0. The van der Waals surface area contributed by atoms with Crippen LogP contribution in [0.4, 0.5) is 10.5 Å². The Balaban J connectivity index is 3.28. The number of hydrogen-bond donors (Lipinski definition) is 2.